The third-order valence-corrected chi connectivity index (χ3v) is 6.83. The van der Waals surface area contributed by atoms with Gasteiger partial charge in [0.15, 0.2) is 10.7 Å². The van der Waals surface area contributed by atoms with Crippen molar-refractivity contribution in [1.29, 1.82) is 0 Å². The molecule has 2 heterocycles. The molecule has 0 radical (unpaired) electrons. The summed E-state index contributed by atoms with van der Waals surface area (Å²) in [6.45, 7) is 0.194. The van der Waals surface area contributed by atoms with Crippen LogP contribution in [-0.2, 0) is 6.61 Å². The number of thiazole rings is 1. The number of nitro groups is 1. The minimum Gasteiger partial charge on any atom is -0.486 e. The number of imidazole rings is 1. The van der Waals surface area contributed by atoms with E-state index in [0.29, 0.717) is 24.7 Å². The van der Waals surface area contributed by atoms with E-state index >= 15 is 0 Å². The van der Waals surface area contributed by atoms with Crippen molar-refractivity contribution < 1.29 is 9.66 Å². The fourth-order valence-electron chi connectivity index (χ4n) is 3.43. The van der Waals surface area contributed by atoms with Crippen LogP contribution in [0.15, 0.2) is 69.9 Å². The van der Waals surface area contributed by atoms with Crippen LogP contribution in [0.5, 0.6) is 5.75 Å². The minimum atomic E-state index is -0.450. The van der Waals surface area contributed by atoms with Crippen molar-refractivity contribution in [3.05, 3.63) is 106 Å². The van der Waals surface area contributed by atoms with Crippen LogP contribution in [0, 0.1) is 10.1 Å². The molecule has 0 saturated heterocycles. The normalized spacial score (nSPS) is 12.0. The van der Waals surface area contributed by atoms with Gasteiger partial charge in [0, 0.05) is 12.1 Å². The van der Waals surface area contributed by atoms with Crippen LogP contribution in [0.25, 0.3) is 22.1 Å². The standard InChI is InChI=1S/C23H13BrClN3O4S/c24-16-9-14(10-17(25)21(16)32-12-13-5-7-15(8-6-13)28(30)31)11-20-22(29)27-19-4-2-1-3-18(19)26-23(27)33-20/h1-11H,12H2/b20-11-. The number of aromatic nitrogens is 2. The molecule has 5 aromatic rings. The zero-order chi connectivity index (χ0) is 23.1. The first-order chi connectivity index (χ1) is 15.9. The first kappa shape index (κ1) is 21.6. The highest BCUT2D eigenvalue weighted by Gasteiger charge is 2.13. The van der Waals surface area contributed by atoms with Gasteiger partial charge in [-0.15, -0.1) is 0 Å². The maximum atomic E-state index is 13.0. The predicted octanol–water partition coefficient (Wildman–Crippen LogP) is 5.36. The number of nitrogens with zero attached hydrogens (tertiary/aromatic N) is 3. The molecule has 33 heavy (non-hydrogen) atoms. The molecule has 7 nitrogen and oxygen atoms in total. The molecular weight excluding hydrogens is 530 g/mol. The number of benzene rings is 3. The van der Waals surface area contributed by atoms with E-state index in [4.69, 9.17) is 16.3 Å². The van der Waals surface area contributed by atoms with Crippen LogP contribution in [0.3, 0.4) is 0 Å². The van der Waals surface area contributed by atoms with E-state index in [1.165, 1.54) is 23.5 Å². The number of non-ortho nitro benzene ring substituents is 1. The van der Waals surface area contributed by atoms with Crippen molar-refractivity contribution in [3.63, 3.8) is 0 Å². The molecule has 0 amide bonds. The Morgan fingerprint density at radius 1 is 1.18 bits per heavy atom. The monoisotopic (exact) mass is 541 g/mol. The van der Waals surface area contributed by atoms with Gasteiger partial charge in [0.25, 0.3) is 11.2 Å². The number of ether oxygens (including phenoxy) is 1. The first-order valence-corrected chi connectivity index (χ1v) is 11.7. The average molecular weight is 543 g/mol. The summed E-state index contributed by atoms with van der Waals surface area (Å²) < 4.78 is 8.62. The van der Waals surface area contributed by atoms with E-state index in [1.54, 1.807) is 28.7 Å². The maximum Gasteiger partial charge on any atom is 0.274 e. The Balaban J connectivity index is 1.44. The van der Waals surface area contributed by atoms with Crippen LogP contribution in [-0.4, -0.2) is 14.3 Å². The Morgan fingerprint density at radius 3 is 2.67 bits per heavy atom. The number of hydrogen-bond donors (Lipinski definition) is 0. The smallest absolute Gasteiger partial charge is 0.274 e. The van der Waals surface area contributed by atoms with Gasteiger partial charge in [0.2, 0.25) is 0 Å². The average Bonchev–Trinajstić information content (AvgIpc) is 3.29. The highest BCUT2D eigenvalue weighted by Crippen LogP contribution is 2.35. The summed E-state index contributed by atoms with van der Waals surface area (Å²) in [6.07, 6.45) is 1.77. The second kappa shape index (κ2) is 8.58. The van der Waals surface area contributed by atoms with Crippen LogP contribution < -0.4 is 14.8 Å². The topological polar surface area (TPSA) is 86.7 Å². The zero-order valence-electron chi connectivity index (χ0n) is 16.7. The molecule has 0 aliphatic heterocycles. The van der Waals surface area contributed by atoms with Gasteiger partial charge >= 0.3 is 0 Å². The lowest BCUT2D eigenvalue weighted by Crippen LogP contribution is -2.22. The Bertz CT molecular complexity index is 1620. The third-order valence-electron chi connectivity index (χ3n) is 4.99. The van der Waals surface area contributed by atoms with Crippen molar-refractivity contribution >= 4 is 66.6 Å². The zero-order valence-corrected chi connectivity index (χ0v) is 19.9. The molecule has 0 aliphatic rings. The molecule has 0 fully saturated rings. The molecule has 5 rings (SSSR count). The largest absolute Gasteiger partial charge is 0.486 e. The van der Waals surface area contributed by atoms with Gasteiger partial charge in [-0.05, 0) is 69.5 Å². The second-order valence-corrected chi connectivity index (χ2v) is 9.43. The molecule has 0 atom stereocenters. The van der Waals surface area contributed by atoms with Gasteiger partial charge in [-0.1, -0.05) is 35.1 Å². The van der Waals surface area contributed by atoms with Crippen LogP contribution >= 0.6 is 38.9 Å². The fraction of sp³-hybridized carbons (Fsp3) is 0.0435. The van der Waals surface area contributed by atoms with E-state index in [9.17, 15) is 14.9 Å². The Kier molecular flexibility index (Phi) is 5.61. The lowest BCUT2D eigenvalue weighted by atomic mass is 10.2. The van der Waals surface area contributed by atoms with Crippen LogP contribution in [0.1, 0.15) is 11.1 Å². The molecule has 3 aromatic carbocycles. The van der Waals surface area contributed by atoms with Gasteiger partial charge in [0.05, 0.1) is 30.0 Å². The number of rotatable bonds is 5. The van der Waals surface area contributed by atoms with E-state index < -0.39 is 4.92 Å². The SMILES string of the molecule is O=c1/c(=C/c2cc(Cl)c(OCc3ccc([N+](=O)[O-])cc3)c(Br)c2)sc2nc3ccccc3n12. The number of hydrogen-bond acceptors (Lipinski definition) is 6. The molecule has 0 spiro atoms. The molecule has 164 valence electrons. The summed E-state index contributed by atoms with van der Waals surface area (Å²) in [6, 6.07) is 17.2. The van der Waals surface area contributed by atoms with E-state index in [2.05, 4.69) is 20.9 Å². The van der Waals surface area contributed by atoms with Gasteiger partial charge in [-0.25, -0.2) is 9.38 Å². The molecule has 0 saturated carbocycles. The molecule has 10 heteroatoms. The minimum absolute atomic E-state index is 0.0181. The van der Waals surface area contributed by atoms with Crippen molar-refractivity contribution in [2.45, 2.75) is 6.61 Å². The molecule has 0 aliphatic carbocycles. The fourth-order valence-corrected chi connectivity index (χ4v) is 5.41. The molecular formula is C23H13BrClN3O4S. The van der Waals surface area contributed by atoms with Crippen molar-refractivity contribution in [2.75, 3.05) is 0 Å². The van der Waals surface area contributed by atoms with Crippen molar-refractivity contribution in [2.24, 2.45) is 0 Å². The molecule has 0 N–H and O–H groups in total. The molecule has 2 aromatic heterocycles. The van der Waals surface area contributed by atoms with Crippen LogP contribution in [0.2, 0.25) is 5.02 Å². The Labute approximate surface area is 203 Å². The summed E-state index contributed by atoms with van der Waals surface area (Å²) >= 11 is 11.3. The number of halogens is 2. The van der Waals surface area contributed by atoms with Gasteiger partial charge in [-0.2, -0.15) is 0 Å². The quantitative estimate of drug-likeness (QED) is 0.220. The van der Waals surface area contributed by atoms with Gasteiger partial charge < -0.3 is 4.74 Å². The van der Waals surface area contributed by atoms with Crippen molar-refractivity contribution in [3.8, 4) is 5.75 Å². The molecule has 0 unspecified atom stereocenters. The summed E-state index contributed by atoms with van der Waals surface area (Å²) in [4.78, 5) is 28.5. The van der Waals surface area contributed by atoms with E-state index in [0.717, 1.165) is 22.2 Å². The number of nitro benzene ring substituents is 1. The van der Waals surface area contributed by atoms with E-state index in [1.807, 2.05) is 30.3 Å². The number of para-hydroxylation sites is 2. The van der Waals surface area contributed by atoms with Crippen LogP contribution in [0.4, 0.5) is 5.69 Å². The highest BCUT2D eigenvalue weighted by atomic mass is 79.9. The van der Waals surface area contributed by atoms with E-state index in [-0.39, 0.29) is 17.9 Å². The maximum absolute atomic E-state index is 13.0. The van der Waals surface area contributed by atoms with Gasteiger partial charge in [-0.3, -0.25) is 14.9 Å². The summed E-state index contributed by atoms with van der Waals surface area (Å²) in [5.41, 5.74) is 2.96. The van der Waals surface area contributed by atoms with Crippen molar-refractivity contribution in [1.82, 2.24) is 9.38 Å². The lowest BCUT2D eigenvalue weighted by molar-refractivity contribution is -0.384. The highest BCUT2D eigenvalue weighted by molar-refractivity contribution is 9.10. The lowest BCUT2D eigenvalue weighted by Gasteiger charge is -2.11. The summed E-state index contributed by atoms with van der Waals surface area (Å²) in [5, 5.41) is 11.2. The second-order valence-electron chi connectivity index (χ2n) is 7.16. The summed E-state index contributed by atoms with van der Waals surface area (Å²) in [5.74, 6) is 0.446. The van der Waals surface area contributed by atoms with Gasteiger partial charge in [0.1, 0.15) is 6.61 Å². The Morgan fingerprint density at radius 2 is 1.94 bits per heavy atom. The Hall–Kier alpha value is -3.27. The first-order valence-electron chi connectivity index (χ1n) is 9.67. The number of fused-ring (bicyclic) bond motifs is 3. The summed E-state index contributed by atoms with van der Waals surface area (Å²) in [7, 11) is 0. The third kappa shape index (κ3) is 4.10. The predicted molar refractivity (Wildman–Crippen MR) is 132 cm³/mol. The molecule has 0 bridgehead atoms.